The maximum Gasteiger partial charge on any atom is 0.329 e. The lowest BCUT2D eigenvalue weighted by molar-refractivity contribution is -0.152. The summed E-state index contributed by atoms with van der Waals surface area (Å²) < 4.78 is 19.4. The van der Waals surface area contributed by atoms with E-state index in [-0.39, 0.29) is 12.4 Å². The zero-order valence-corrected chi connectivity index (χ0v) is 19.1. The van der Waals surface area contributed by atoms with E-state index in [0.717, 1.165) is 11.3 Å². The Morgan fingerprint density at radius 3 is 2.40 bits per heavy atom. The van der Waals surface area contributed by atoms with Crippen LogP contribution in [0.15, 0.2) is 84.9 Å². The van der Waals surface area contributed by atoms with Crippen LogP contribution in [0.1, 0.15) is 34.3 Å². The lowest BCUT2D eigenvalue weighted by Gasteiger charge is -2.36. The monoisotopic (exact) mass is 466 g/mol. The molecule has 0 unspecified atom stereocenters. The maximum absolute atomic E-state index is 14.1. The number of carbonyl (C=O) groups is 2. The van der Waals surface area contributed by atoms with Crippen molar-refractivity contribution in [3.8, 4) is 6.07 Å². The summed E-state index contributed by atoms with van der Waals surface area (Å²) in [5.41, 5.74) is 0.893. The molecule has 0 radical (unpaired) electrons. The molecule has 1 fully saturated rings. The summed E-state index contributed by atoms with van der Waals surface area (Å²) >= 11 is 0. The van der Waals surface area contributed by atoms with Crippen LogP contribution in [0.5, 0.6) is 0 Å². The minimum Gasteiger partial charge on any atom is -0.465 e. The quantitative estimate of drug-likeness (QED) is 0.384. The number of benzene rings is 3. The highest BCUT2D eigenvalue weighted by atomic mass is 19.1. The molecule has 3 aromatic rings. The van der Waals surface area contributed by atoms with E-state index in [2.05, 4.69) is 6.07 Å². The third-order valence-electron chi connectivity index (χ3n) is 6.90. The molecule has 5 rings (SSSR count). The smallest absolute Gasteiger partial charge is 0.329 e. The standard InChI is InChI=1S/C29H23FN2O3/c1-2-35-28(34)29(18-31)24-17-14-19-8-6-7-11-23(19)32(24)26(27(33)21-9-4-3-5-10-21)25(29)20-12-15-22(30)16-13-20/h3-17,24-26H,2H2,1H3/t24-,25-,26-,29+/m0/s1. The van der Waals surface area contributed by atoms with Gasteiger partial charge in [-0.15, -0.1) is 0 Å². The van der Waals surface area contributed by atoms with E-state index in [1.807, 2.05) is 41.3 Å². The molecular formula is C29H23FN2O3. The molecule has 0 aromatic heterocycles. The zero-order chi connectivity index (χ0) is 24.6. The molecular weight excluding hydrogens is 443 g/mol. The zero-order valence-electron chi connectivity index (χ0n) is 19.1. The summed E-state index contributed by atoms with van der Waals surface area (Å²) in [6, 6.07) is 22.7. The van der Waals surface area contributed by atoms with Gasteiger partial charge < -0.3 is 9.64 Å². The van der Waals surface area contributed by atoms with Crippen molar-refractivity contribution in [3.63, 3.8) is 0 Å². The second kappa shape index (κ2) is 8.84. The first-order valence-electron chi connectivity index (χ1n) is 11.5. The lowest BCUT2D eigenvalue weighted by atomic mass is 9.68. The van der Waals surface area contributed by atoms with E-state index in [0.29, 0.717) is 11.1 Å². The highest BCUT2D eigenvalue weighted by Crippen LogP contribution is 2.56. The van der Waals surface area contributed by atoms with Gasteiger partial charge in [0.15, 0.2) is 11.2 Å². The molecule has 0 amide bonds. The van der Waals surface area contributed by atoms with Crippen LogP contribution in [0.3, 0.4) is 0 Å². The number of ether oxygens (including phenoxy) is 1. The summed E-state index contributed by atoms with van der Waals surface area (Å²) in [6.45, 7) is 1.77. The summed E-state index contributed by atoms with van der Waals surface area (Å²) in [4.78, 5) is 29.6. The third-order valence-corrected chi connectivity index (χ3v) is 6.90. The van der Waals surface area contributed by atoms with Crippen molar-refractivity contribution in [2.24, 2.45) is 5.41 Å². The molecule has 35 heavy (non-hydrogen) atoms. The van der Waals surface area contributed by atoms with Crippen molar-refractivity contribution in [1.82, 2.24) is 0 Å². The van der Waals surface area contributed by atoms with Crippen molar-refractivity contribution in [1.29, 1.82) is 5.26 Å². The number of ketones is 1. The Morgan fingerprint density at radius 2 is 1.71 bits per heavy atom. The minimum atomic E-state index is -1.73. The number of fused-ring (bicyclic) bond motifs is 3. The van der Waals surface area contributed by atoms with Crippen LogP contribution >= 0.6 is 0 Å². The first-order valence-corrected chi connectivity index (χ1v) is 11.5. The van der Waals surface area contributed by atoms with E-state index in [1.165, 1.54) is 12.1 Å². The predicted octanol–water partition coefficient (Wildman–Crippen LogP) is 5.15. The maximum atomic E-state index is 14.1. The van der Waals surface area contributed by atoms with Gasteiger partial charge in [-0.2, -0.15) is 5.26 Å². The second-order valence-electron chi connectivity index (χ2n) is 8.68. The SMILES string of the molecule is CCOC(=O)[C@]1(C#N)[C@@H]2C=Cc3ccccc3N2[C@H](C(=O)c2ccccc2)[C@@H]1c1ccc(F)cc1. The molecule has 0 bridgehead atoms. The molecule has 3 aromatic carbocycles. The molecule has 0 aliphatic carbocycles. The third kappa shape index (κ3) is 3.43. The van der Waals surface area contributed by atoms with Gasteiger partial charge in [0, 0.05) is 17.2 Å². The van der Waals surface area contributed by atoms with Crippen molar-refractivity contribution in [3.05, 3.63) is 107 Å². The fourth-order valence-electron chi connectivity index (χ4n) is 5.43. The summed E-state index contributed by atoms with van der Waals surface area (Å²) in [5, 5.41) is 10.7. The largest absolute Gasteiger partial charge is 0.465 e. The Bertz CT molecular complexity index is 1350. The Kier molecular flexibility index (Phi) is 5.70. The van der Waals surface area contributed by atoms with Gasteiger partial charge in [0.05, 0.1) is 18.7 Å². The molecule has 0 N–H and O–H groups in total. The molecule has 1 saturated heterocycles. The number of nitrogens with zero attached hydrogens (tertiary/aromatic N) is 2. The van der Waals surface area contributed by atoms with Crippen molar-refractivity contribution in [2.75, 3.05) is 11.5 Å². The van der Waals surface area contributed by atoms with E-state index >= 15 is 0 Å². The number of anilines is 1. The lowest BCUT2D eigenvalue weighted by Crippen LogP contribution is -2.47. The number of esters is 1. The molecule has 2 heterocycles. The van der Waals surface area contributed by atoms with E-state index in [9.17, 15) is 19.2 Å². The average Bonchev–Trinajstić information content (AvgIpc) is 3.21. The Labute approximate surface area is 203 Å². The van der Waals surface area contributed by atoms with E-state index in [1.54, 1.807) is 49.4 Å². The molecule has 6 heteroatoms. The number of Topliss-reactive ketones (excluding diaryl/α,β-unsaturated/α-hetero) is 1. The molecule has 0 spiro atoms. The number of carbonyl (C=O) groups excluding carboxylic acids is 2. The van der Waals surface area contributed by atoms with Crippen LogP contribution in [0, 0.1) is 22.6 Å². The number of hydrogen-bond donors (Lipinski definition) is 0. The summed E-state index contributed by atoms with van der Waals surface area (Å²) in [5.74, 6) is -2.27. The van der Waals surface area contributed by atoms with Crippen LogP contribution in [-0.2, 0) is 9.53 Å². The van der Waals surface area contributed by atoms with Gasteiger partial charge >= 0.3 is 5.97 Å². The van der Waals surface area contributed by atoms with Crippen molar-refractivity contribution < 1.29 is 18.7 Å². The topological polar surface area (TPSA) is 70.4 Å². The second-order valence-corrected chi connectivity index (χ2v) is 8.68. The first-order chi connectivity index (χ1) is 17.0. The molecule has 2 aliphatic heterocycles. The minimum absolute atomic E-state index is 0.0860. The number of nitriles is 1. The fourth-order valence-corrected chi connectivity index (χ4v) is 5.43. The molecule has 4 atom stereocenters. The van der Waals surface area contributed by atoms with Gasteiger partial charge in [-0.05, 0) is 36.2 Å². The molecule has 2 aliphatic rings. The summed E-state index contributed by atoms with van der Waals surface area (Å²) in [6.07, 6.45) is 3.68. The van der Waals surface area contributed by atoms with E-state index < -0.39 is 35.2 Å². The summed E-state index contributed by atoms with van der Waals surface area (Å²) in [7, 11) is 0. The van der Waals surface area contributed by atoms with Gasteiger partial charge in [0.1, 0.15) is 11.9 Å². The van der Waals surface area contributed by atoms with Crippen LogP contribution in [0.2, 0.25) is 0 Å². The predicted molar refractivity (Wildman–Crippen MR) is 130 cm³/mol. The Hall–Kier alpha value is -4.24. The molecule has 0 saturated carbocycles. The van der Waals surface area contributed by atoms with Gasteiger partial charge in [-0.3, -0.25) is 9.59 Å². The van der Waals surface area contributed by atoms with Gasteiger partial charge in [0.25, 0.3) is 0 Å². The van der Waals surface area contributed by atoms with E-state index in [4.69, 9.17) is 4.74 Å². The van der Waals surface area contributed by atoms with Crippen LogP contribution < -0.4 is 4.90 Å². The molecule has 5 nitrogen and oxygen atoms in total. The Morgan fingerprint density at radius 1 is 1.03 bits per heavy atom. The van der Waals surface area contributed by atoms with Crippen LogP contribution in [0.4, 0.5) is 10.1 Å². The van der Waals surface area contributed by atoms with Crippen molar-refractivity contribution >= 4 is 23.5 Å². The Balaban J connectivity index is 1.81. The number of rotatable bonds is 5. The van der Waals surface area contributed by atoms with Gasteiger partial charge in [-0.25, -0.2) is 4.39 Å². The number of halogens is 1. The first kappa shape index (κ1) is 22.5. The van der Waals surface area contributed by atoms with Crippen LogP contribution in [-0.4, -0.2) is 30.4 Å². The highest BCUT2D eigenvalue weighted by Gasteiger charge is 2.67. The average molecular weight is 467 g/mol. The van der Waals surface area contributed by atoms with Gasteiger partial charge in [0.2, 0.25) is 0 Å². The van der Waals surface area contributed by atoms with Crippen molar-refractivity contribution in [2.45, 2.75) is 24.9 Å². The normalized spacial score (nSPS) is 24.3. The number of hydrogen-bond acceptors (Lipinski definition) is 5. The van der Waals surface area contributed by atoms with Crippen LogP contribution in [0.25, 0.3) is 6.08 Å². The van der Waals surface area contributed by atoms with Gasteiger partial charge in [-0.1, -0.05) is 72.8 Å². The fraction of sp³-hybridized carbons (Fsp3) is 0.207. The highest BCUT2D eigenvalue weighted by molar-refractivity contribution is 6.06. The number of para-hydroxylation sites is 1. The molecule has 174 valence electrons.